The van der Waals surface area contributed by atoms with Gasteiger partial charge in [0.2, 0.25) is 0 Å². The van der Waals surface area contributed by atoms with E-state index in [9.17, 15) is 5.11 Å². The molecule has 0 radical (unpaired) electrons. The highest BCUT2D eigenvalue weighted by molar-refractivity contribution is 5.26. The van der Waals surface area contributed by atoms with Crippen molar-refractivity contribution in [2.45, 2.75) is 57.8 Å². The van der Waals surface area contributed by atoms with Crippen LogP contribution in [0, 0.1) is 0 Å². The number of benzene rings is 1. The van der Waals surface area contributed by atoms with Gasteiger partial charge in [0, 0.05) is 5.56 Å². The van der Waals surface area contributed by atoms with Gasteiger partial charge in [0.1, 0.15) is 5.75 Å². The van der Waals surface area contributed by atoms with Crippen LogP contribution in [0.2, 0.25) is 0 Å². The molecule has 0 saturated carbocycles. The van der Waals surface area contributed by atoms with Crippen molar-refractivity contribution in [1.82, 2.24) is 0 Å². The Kier molecular flexibility index (Phi) is 8.26. The van der Waals surface area contributed by atoms with Crippen molar-refractivity contribution >= 4 is 0 Å². The Morgan fingerprint density at radius 3 is 2.20 bits per heavy atom. The minimum Gasteiger partial charge on any atom is -0.508 e. The van der Waals surface area contributed by atoms with Crippen molar-refractivity contribution in [2.75, 3.05) is 6.61 Å². The van der Waals surface area contributed by atoms with Crippen LogP contribution in [-0.4, -0.2) is 28.0 Å². The first-order chi connectivity index (χ1) is 9.59. The van der Waals surface area contributed by atoms with Gasteiger partial charge in [-0.1, -0.05) is 37.8 Å². The summed E-state index contributed by atoms with van der Waals surface area (Å²) in [4.78, 5) is 0. The Hall–Kier alpha value is -1.10. The summed E-state index contributed by atoms with van der Waals surface area (Å²) in [5.74, 6) is 0.179. The summed E-state index contributed by atoms with van der Waals surface area (Å²) in [7, 11) is 0. The highest BCUT2D eigenvalue weighted by atomic mass is 16.6. The average molecular weight is 282 g/mol. The molecule has 0 spiro atoms. The smallest absolute Gasteiger partial charge is 0.181 e. The maximum Gasteiger partial charge on any atom is 0.181 e. The van der Waals surface area contributed by atoms with Gasteiger partial charge in [0.25, 0.3) is 0 Å². The van der Waals surface area contributed by atoms with Crippen molar-refractivity contribution in [3.63, 3.8) is 0 Å². The number of aliphatic hydroxyl groups excluding tert-OH is 2. The van der Waals surface area contributed by atoms with Gasteiger partial charge in [-0.05, 0) is 31.9 Å². The molecule has 3 N–H and O–H groups in total. The Morgan fingerprint density at radius 2 is 1.55 bits per heavy atom. The number of aromatic hydroxyl groups is 1. The maximum atomic E-state index is 9.78. The van der Waals surface area contributed by atoms with Gasteiger partial charge in [-0.25, -0.2) is 0 Å². The molecule has 1 rings (SSSR count). The third-order valence-electron chi connectivity index (χ3n) is 3.22. The van der Waals surface area contributed by atoms with E-state index in [2.05, 4.69) is 0 Å². The highest BCUT2D eigenvalue weighted by Crippen LogP contribution is 2.18. The van der Waals surface area contributed by atoms with E-state index in [1.807, 2.05) is 6.92 Å². The molecule has 0 aliphatic rings. The molecule has 4 heteroatoms. The van der Waals surface area contributed by atoms with E-state index in [0.717, 1.165) is 38.5 Å². The lowest BCUT2D eigenvalue weighted by atomic mass is 10.1. The molecule has 0 bridgehead atoms. The number of hydrogen-bond donors (Lipinski definition) is 3. The predicted octanol–water partition coefficient (Wildman–Crippen LogP) is 3.12. The van der Waals surface area contributed by atoms with Crippen LogP contribution in [0.25, 0.3) is 0 Å². The Balaban J connectivity index is 2.02. The average Bonchev–Trinajstić information content (AvgIpc) is 2.42. The van der Waals surface area contributed by atoms with E-state index in [4.69, 9.17) is 14.9 Å². The largest absolute Gasteiger partial charge is 0.508 e. The molecule has 0 fully saturated rings. The molecule has 0 saturated heterocycles. The van der Waals surface area contributed by atoms with Gasteiger partial charge in [-0.2, -0.15) is 0 Å². The molecule has 1 aromatic rings. The molecule has 0 amide bonds. The van der Waals surface area contributed by atoms with Crippen molar-refractivity contribution in [2.24, 2.45) is 0 Å². The Morgan fingerprint density at radius 1 is 0.950 bits per heavy atom. The summed E-state index contributed by atoms with van der Waals surface area (Å²) in [6.45, 7) is 2.34. The SMILES string of the molecule is CC(O)CCCCCCCOC(O)c1ccc(O)cc1. The fraction of sp³-hybridized carbons (Fsp3) is 0.625. The summed E-state index contributed by atoms with van der Waals surface area (Å²) in [5.41, 5.74) is 0.653. The van der Waals surface area contributed by atoms with Crippen LogP contribution >= 0.6 is 0 Å². The van der Waals surface area contributed by atoms with Gasteiger partial charge < -0.3 is 20.1 Å². The standard InChI is InChI=1S/C16H26O4/c1-13(17)7-5-3-2-4-6-12-20-16(19)14-8-10-15(18)11-9-14/h8-11,13,16-19H,2-7,12H2,1H3. The van der Waals surface area contributed by atoms with Crippen LogP contribution in [0.15, 0.2) is 24.3 Å². The number of unbranched alkanes of at least 4 members (excludes halogenated alkanes) is 4. The second-order valence-corrected chi connectivity index (χ2v) is 5.22. The monoisotopic (exact) mass is 282 g/mol. The number of aliphatic hydroxyl groups is 2. The zero-order valence-corrected chi connectivity index (χ0v) is 12.2. The van der Waals surface area contributed by atoms with Gasteiger partial charge in [-0.3, -0.25) is 0 Å². The number of rotatable bonds is 10. The second-order valence-electron chi connectivity index (χ2n) is 5.22. The molecule has 0 aliphatic carbocycles. The molecule has 2 unspecified atom stereocenters. The van der Waals surface area contributed by atoms with Crippen LogP contribution in [0.5, 0.6) is 5.75 Å². The number of ether oxygens (including phenoxy) is 1. The quantitative estimate of drug-likeness (QED) is 0.455. The van der Waals surface area contributed by atoms with Crippen molar-refractivity contribution < 1.29 is 20.1 Å². The molecule has 1 aromatic carbocycles. The lowest BCUT2D eigenvalue weighted by Crippen LogP contribution is -2.04. The topological polar surface area (TPSA) is 69.9 Å². The molecular weight excluding hydrogens is 256 g/mol. The fourth-order valence-corrected chi connectivity index (χ4v) is 2.00. The van der Waals surface area contributed by atoms with Crippen molar-refractivity contribution in [3.8, 4) is 5.75 Å². The van der Waals surface area contributed by atoms with E-state index in [0.29, 0.717) is 12.2 Å². The minimum atomic E-state index is -0.925. The Bertz CT molecular complexity index is 348. The van der Waals surface area contributed by atoms with E-state index in [1.54, 1.807) is 12.1 Å². The van der Waals surface area contributed by atoms with Gasteiger partial charge in [0.15, 0.2) is 6.29 Å². The minimum absolute atomic E-state index is 0.179. The molecule has 0 heterocycles. The first-order valence-corrected chi connectivity index (χ1v) is 7.36. The predicted molar refractivity (Wildman–Crippen MR) is 78.4 cm³/mol. The normalized spacial score (nSPS) is 14.2. The highest BCUT2D eigenvalue weighted by Gasteiger charge is 2.06. The molecule has 0 aliphatic heterocycles. The van der Waals surface area contributed by atoms with Gasteiger partial charge in [-0.15, -0.1) is 0 Å². The number of phenols is 1. The molecule has 20 heavy (non-hydrogen) atoms. The molecule has 2 atom stereocenters. The summed E-state index contributed by atoms with van der Waals surface area (Å²) < 4.78 is 5.35. The number of hydrogen-bond acceptors (Lipinski definition) is 4. The summed E-state index contributed by atoms with van der Waals surface area (Å²) in [6.07, 6.45) is 5.07. The van der Waals surface area contributed by atoms with Crippen LogP contribution < -0.4 is 0 Å². The molecular formula is C16H26O4. The summed E-state index contributed by atoms with van der Waals surface area (Å²) in [5, 5.41) is 28.0. The van der Waals surface area contributed by atoms with Crippen LogP contribution in [0.3, 0.4) is 0 Å². The van der Waals surface area contributed by atoms with E-state index in [1.165, 1.54) is 12.1 Å². The van der Waals surface area contributed by atoms with Crippen LogP contribution in [0.4, 0.5) is 0 Å². The summed E-state index contributed by atoms with van der Waals surface area (Å²) in [6, 6.07) is 6.36. The third-order valence-corrected chi connectivity index (χ3v) is 3.22. The van der Waals surface area contributed by atoms with Crippen LogP contribution in [-0.2, 0) is 4.74 Å². The second kappa shape index (κ2) is 9.75. The Labute approximate surface area is 121 Å². The maximum absolute atomic E-state index is 9.78. The van der Waals surface area contributed by atoms with Gasteiger partial charge >= 0.3 is 0 Å². The van der Waals surface area contributed by atoms with Crippen LogP contribution in [0.1, 0.15) is 57.3 Å². The molecule has 0 aromatic heterocycles. The zero-order valence-electron chi connectivity index (χ0n) is 12.2. The lowest BCUT2D eigenvalue weighted by molar-refractivity contribution is -0.103. The van der Waals surface area contributed by atoms with E-state index >= 15 is 0 Å². The third kappa shape index (κ3) is 7.48. The fourth-order valence-electron chi connectivity index (χ4n) is 2.00. The first kappa shape index (κ1) is 17.0. The summed E-state index contributed by atoms with van der Waals surface area (Å²) >= 11 is 0. The van der Waals surface area contributed by atoms with Crippen molar-refractivity contribution in [3.05, 3.63) is 29.8 Å². The first-order valence-electron chi connectivity index (χ1n) is 7.36. The number of phenolic OH excluding ortho intramolecular Hbond substituents is 1. The lowest BCUT2D eigenvalue weighted by Gasteiger charge is -2.12. The molecule has 4 nitrogen and oxygen atoms in total. The van der Waals surface area contributed by atoms with E-state index in [-0.39, 0.29) is 11.9 Å². The van der Waals surface area contributed by atoms with E-state index < -0.39 is 6.29 Å². The van der Waals surface area contributed by atoms with Gasteiger partial charge in [0.05, 0.1) is 12.7 Å². The molecule has 114 valence electrons. The van der Waals surface area contributed by atoms with Crippen molar-refractivity contribution in [1.29, 1.82) is 0 Å². The zero-order chi connectivity index (χ0) is 14.8.